The first-order valence-electron chi connectivity index (χ1n) is 6.16. The molecule has 0 saturated heterocycles. The van der Waals surface area contributed by atoms with Gasteiger partial charge < -0.3 is 14.3 Å². The van der Waals surface area contributed by atoms with Gasteiger partial charge in [-0.05, 0) is 30.3 Å². The van der Waals surface area contributed by atoms with Crippen LogP contribution >= 0.6 is 0 Å². The first kappa shape index (κ1) is 14.4. The quantitative estimate of drug-likeness (QED) is 0.477. The predicted molar refractivity (Wildman–Crippen MR) is 80.5 cm³/mol. The van der Waals surface area contributed by atoms with E-state index >= 15 is 0 Å². The van der Waals surface area contributed by atoms with Crippen LogP contribution in [-0.2, 0) is 0 Å². The molecule has 0 unspecified atom stereocenters. The van der Waals surface area contributed by atoms with Gasteiger partial charge >= 0.3 is 0 Å². The van der Waals surface area contributed by atoms with Crippen molar-refractivity contribution < 1.29 is 14.3 Å². The van der Waals surface area contributed by atoms with Crippen LogP contribution in [0.4, 0.5) is 5.69 Å². The van der Waals surface area contributed by atoms with Crippen molar-refractivity contribution in [1.82, 2.24) is 0 Å². The maximum atomic E-state index is 6.87. The molecule has 106 valence electrons. The van der Waals surface area contributed by atoms with Crippen molar-refractivity contribution in [2.75, 3.05) is 14.2 Å². The number of nitrogens with zero attached hydrogens (tertiary/aromatic N) is 2. The minimum Gasteiger partial charge on any atom is -0.493 e. The lowest BCUT2D eigenvalue weighted by atomic mass is 10.2. The zero-order valence-corrected chi connectivity index (χ0v) is 11.7. The molecule has 0 fully saturated rings. The fourth-order valence-electron chi connectivity index (χ4n) is 1.66. The van der Waals surface area contributed by atoms with Crippen molar-refractivity contribution in [1.29, 1.82) is 0 Å². The Morgan fingerprint density at radius 2 is 1.71 bits per heavy atom. The number of hydrogen-bond donors (Lipinski definition) is 0. The summed E-state index contributed by atoms with van der Waals surface area (Å²) in [7, 11) is 3.16. The summed E-state index contributed by atoms with van der Waals surface area (Å²) in [4.78, 5) is 8.54. The Kier molecular flexibility index (Phi) is 4.78. The molecule has 0 aliphatic carbocycles. The van der Waals surface area contributed by atoms with Crippen LogP contribution in [0.5, 0.6) is 17.2 Å². The van der Waals surface area contributed by atoms with Crippen LogP contribution in [0.3, 0.4) is 0 Å². The highest BCUT2D eigenvalue weighted by atomic mass is 16.6. The Hall–Kier alpha value is -3.00. The third kappa shape index (κ3) is 3.74. The van der Waals surface area contributed by atoms with Gasteiger partial charge in [0.2, 0.25) is 0 Å². The summed E-state index contributed by atoms with van der Waals surface area (Å²) in [5.74, 6) is 1.85. The molecular weight excluding hydrogens is 268 g/mol. The maximum Gasteiger partial charge on any atom is 0.187 e. The van der Waals surface area contributed by atoms with Crippen molar-refractivity contribution in [3.63, 3.8) is 0 Å². The van der Waals surface area contributed by atoms with Gasteiger partial charge in [-0.25, -0.2) is 4.85 Å². The van der Waals surface area contributed by atoms with Gasteiger partial charge in [0.05, 0.1) is 27.0 Å². The molecule has 2 aromatic carbocycles. The summed E-state index contributed by atoms with van der Waals surface area (Å²) in [5.41, 5.74) is 1.39. The topological polar surface area (TPSA) is 44.4 Å². The average molecular weight is 282 g/mol. The lowest BCUT2D eigenvalue weighted by Crippen LogP contribution is -1.92. The standard InChI is InChI=1S/C16H14N2O3/c1-17-13-5-7-14(8-6-13)21-18-11-12-4-9-15(19-2)16(10-12)20-3/h4-11H,2-3H3/b18-11+. The molecule has 0 aliphatic rings. The molecule has 0 amide bonds. The summed E-state index contributed by atoms with van der Waals surface area (Å²) < 4.78 is 10.4. The van der Waals surface area contributed by atoms with Gasteiger partial charge in [-0.3, -0.25) is 0 Å². The molecule has 0 aromatic heterocycles. The third-order valence-electron chi connectivity index (χ3n) is 2.73. The van der Waals surface area contributed by atoms with E-state index in [4.69, 9.17) is 20.9 Å². The van der Waals surface area contributed by atoms with Gasteiger partial charge in [0.25, 0.3) is 0 Å². The Balaban J connectivity index is 2.05. The largest absolute Gasteiger partial charge is 0.493 e. The molecular formula is C16H14N2O3. The highest BCUT2D eigenvalue weighted by Gasteiger charge is 2.03. The Morgan fingerprint density at radius 3 is 2.33 bits per heavy atom. The fraction of sp³-hybridized carbons (Fsp3) is 0.125. The molecule has 21 heavy (non-hydrogen) atoms. The molecule has 0 heterocycles. The van der Waals surface area contributed by atoms with Gasteiger partial charge in [0, 0.05) is 5.56 Å². The zero-order chi connectivity index (χ0) is 15.1. The minimum absolute atomic E-state index is 0.561. The van der Waals surface area contributed by atoms with E-state index in [-0.39, 0.29) is 0 Å². The second-order valence-electron chi connectivity index (χ2n) is 4.05. The molecule has 2 aromatic rings. The normalized spacial score (nSPS) is 10.1. The van der Waals surface area contributed by atoms with Crippen LogP contribution in [-0.4, -0.2) is 20.4 Å². The van der Waals surface area contributed by atoms with Gasteiger partial charge in [-0.2, -0.15) is 0 Å². The van der Waals surface area contributed by atoms with Crippen molar-refractivity contribution in [3.8, 4) is 17.2 Å². The molecule has 0 atom stereocenters. The molecule has 5 nitrogen and oxygen atoms in total. The fourth-order valence-corrected chi connectivity index (χ4v) is 1.66. The van der Waals surface area contributed by atoms with Crippen molar-refractivity contribution in [3.05, 3.63) is 59.4 Å². The van der Waals surface area contributed by atoms with E-state index < -0.39 is 0 Å². The monoisotopic (exact) mass is 282 g/mol. The van der Waals surface area contributed by atoms with E-state index in [0.29, 0.717) is 22.9 Å². The molecule has 0 bridgehead atoms. The number of ether oxygens (including phenoxy) is 2. The molecule has 0 spiro atoms. The van der Waals surface area contributed by atoms with Crippen molar-refractivity contribution in [2.24, 2.45) is 5.16 Å². The number of benzene rings is 2. The predicted octanol–water partition coefficient (Wildman–Crippen LogP) is 3.67. The number of methoxy groups -OCH3 is 2. The van der Waals surface area contributed by atoms with Crippen LogP contribution < -0.4 is 14.3 Å². The van der Waals surface area contributed by atoms with Gasteiger partial charge in [0.15, 0.2) is 22.9 Å². The number of rotatable bonds is 5. The third-order valence-corrected chi connectivity index (χ3v) is 2.73. The molecule has 0 radical (unpaired) electrons. The van der Waals surface area contributed by atoms with Gasteiger partial charge in [-0.15, -0.1) is 0 Å². The maximum absolute atomic E-state index is 6.87. The van der Waals surface area contributed by atoms with E-state index in [1.807, 2.05) is 6.07 Å². The Morgan fingerprint density at radius 1 is 1.00 bits per heavy atom. The molecule has 5 heteroatoms. The number of oxime groups is 1. The van der Waals surface area contributed by atoms with E-state index in [0.717, 1.165) is 5.56 Å². The van der Waals surface area contributed by atoms with Crippen LogP contribution in [0, 0.1) is 6.57 Å². The SMILES string of the molecule is [C-]#[N+]c1ccc(O/N=C/c2ccc(OC)c(OC)c2)cc1. The Labute approximate surface area is 123 Å². The lowest BCUT2D eigenvalue weighted by Gasteiger charge is -2.07. The van der Waals surface area contributed by atoms with Gasteiger partial charge in [0.1, 0.15) is 0 Å². The average Bonchev–Trinajstić information content (AvgIpc) is 2.55. The highest BCUT2D eigenvalue weighted by molar-refractivity contribution is 5.80. The van der Waals surface area contributed by atoms with Crippen molar-refractivity contribution in [2.45, 2.75) is 0 Å². The zero-order valence-electron chi connectivity index (χ0n) is 11.7. The van der Waals surface area contributed by atoms with Crippen LogP contribution in [0.15, 0.2) is 47.6 Å². The summed E-state index contributed by atoms with van der Waals surface area (Å²) in [6.45, 7) is 6.87. The summed E-state index contributed by atoms with van der Waals surface area (Å²) in [6.07, 6.45) is 1.57. The summed E-state index contributed by atoms with van der Waals surface area (Å²) >= 11 is 0. The number of hydrogen-bond acceptors (Lipinski definition) is 4. The Bertz CT molecular complexity index is 673. The molecule has 0 aliphatic heterocycles. The van der Waals surface area contributed by atoms with E-state index in [9.17, 15) is 0 Å². The molecule has 0 saturated carbocycles. The lowest BCUT2D eigenvalue weighted by molar-refractivity contribution is 0.343. The second kappa shape index (κ2) is 6.96. The van der Waals surface area contributed by atoms with Crippen LogP contribution in [0.2, 0.25) is 0 Å². The summed E-state index contributed by atoms with van der Waals surface area (Å²) in [5, 5.41) is 3.90. The van der Waals surface area contributed by atoms with Crippen molar-refractivity contribution >= 4 is 11.9 Å². The van der Waals surface area contributed by atoms with E-state index in [1.54, 1.807) is 56.8 Å². The van der Waals surface area contributed by atoms with Crippen LogP contribution in [0.25, 0.3) is 4.85 Å². The smallest absolute Gasteiger partial charge is 0.187 e. The van der Waals surface area contributed by atoms with Crippen LogP contribution in [0.1, 0.15) is 5.56 Å². The molecule has 0 N–H and O–H groups in total. The summed E-state index contributed by atoms with van der Waals surface area (Å²) in [6, 6.07) is 12.2. The molecule has 2 rings (SSSR count). The van der Waals surface area contributed by atoms with Gasteiger partial charge in [-0.1, -0.05) is 17.3 Å². The second-order valence-corrected chi connectivity index (χ2v) is 4.05. The highest BCUT2D eigenvalue weighted by Crippen LogP contribution is 2.27. The first-order valence-corrected chi connectivity index (χ1v) is 6.16. The van der Waals surface area contributed by atoms with E-state index in [2.05, 4.69) is 10.0 Å². The first-order chi connectivity index (χ1) is 10.3. The minimum atomic E-state index is 0.561. The van der Waals surface area contributed by atoms with E-state index in [1.165, 1.54) is 0 Å².